The number of phenolic OH excluding ortho intramolecular Hbond substituents is 1. The number of hydrogen-bond donors (Lipinski definition) is 4. The van der Waals surface area contributed by atoms with E-state index in [2.05, 4.69) is 39.7 Å². The standard InChI is InChI=1S/C22H37N5O2/c1-3-23-22(26-13-6-14-27-15-9-18(2)10-16-27)25-12-5-11-24-21(29)19-7-4-8-20(28)17-19/h4,7-8,17-18,28H,3,5-6,9-16H2,1-2H3,(H,24,29)(H2,23,25,26). The van der Waals surface area contributed by atoms with Gasteiger partial charge in [-0.3, -0.25) is 9.79 Å². The first-order chi connectivity index (χ1) is 14.1. The van der Waals surface area contributed by atoms with Crippen molar-refractivity contribution in [3.8, 4) is 5.75 Å². The van der Waals surface area contributed by atoms with E-state index < -0.39 is 0 Å². The van der Waals surface area contributed by atoms with Gasteiger partial charge in [0.15, 0.2) is 5.96 Å². The molecule has 0 radical (unpaired) electrons. The fourth-order valence-corrected chi connectivity index (χ4v) is 3.36. The zero-order chi connectivity index (χ0) is 20.9. The molecule has 0 spiro atoms. The van der Waals surface area contributed by atoms with Crippen molar-refractivity contribution in [1.82, 2.24) is 20.9 Å². The normalized spacial score (nSPS) is 15.9. The number of nitrogens with zero attached hydrogens (tertiary/aromatic N) is 2. The average Bonchev–Trinajstić information content (AvgIpc) is 2.72. The number of hydrogen-bond acceptors (Lipinski definition) is 4. The van der Waals surface area contributed by atoms with Crippen molar-refractivity contribution in [2.45, 2.75) is 39.5 Å². The van der Waals surface area contributed by atoms with Crippen LogP contribution in [-0.4, -0.2) is 67.7 Å². The Bertz CT molecular complexity index is 642. The highest BCUT2D eigenvalue weighted by Gasteiger charge is 2.14. The molecule has 7 heteroatoms. The molecule has 1 aromatic carbocycles. The summed E-state index contributed by atoms with van der Waals surface area (Å²) < 4.78 is 0. The highest BCUT2D eigenvalue weighted by atomic mass is 16.3. The molecule has 162 valence electrons. The maximum absolute atomic E-state index is 12.0. The van der Waals surface area contributed by atoms with Crippen molar-refractivity contribution < 1.29 is 9.90 Å². The van der Waals surface area contributed by atoms with Crippen molar-refractivity contribution in [2.75, 3.05) is 45.8 Å². The van der Waals surface area contributed by atoms with E-state index in [0.717, 1.165) is 44.4 Å². The van der Waals surface area contributed by atoms with Crippen molar-refractivity contribution in [3.63, 3.8) is 0 Å². The van der Waals surface area contributed by atoms with Crippen LogP contribution in [0, 0.1) is 5.92 Å². The summed E-state index contributed by atoms with van der Waals surface area (Å²) in [6.45, 7) is 10.9. The van der Waals surface area contributed by atoms with Gasteiger partial charge in [0, 0.05) is 31.7 Å². The van der Waals surface area contributed by atoms with Gasteiger partial charge in [-0.05, 0) is 76.4 Å². The molecule has 1 aliphatic heterocycles. The third kappa shape index (κ3) is 9.17. The van der Waals surface area contributed by atoms with Gasteiger partial charge in [0.1, 0.15) is 5.75 Å². The van der Waals surface area contributed by atoms with Crippen LogP contribution in [0.5, 0.6) is 5.75 Å². The molecule has 1 fully saturated rings. The fourth-order valence-electron chi connectivity index (χ4n) is 3.36. The van der Waals surface area contributed by atoms with Gasteiger partial charge in [-0.15, -0.1) is 0 Å². The highest BCUT2D eigenvalue weighted by molar-refractivity contribution is 5.94. The number of nitrogens with one attached hydrogen (secondary N) is 3. The molecule has 1 amide bonds. The van der Waals surface area contributed by atoms with Crippen molar-refractivity contribution >= 4 is 11.9 Å². The minimum Gasteiger partial charge on any atom is -0.508 e. The summed E-state index contributed by atoms with van der Waals surface area (Å²) in [6.07, 6.45) is 4.50. The quantitative estimate of drug-likeness (QED) is 0.273. The number of rotatable bonds is 10. The predicted molar refractivity (Wildman–Crippen MR) is 118 cm³/mol. The van der Waals surface area contributed by atoms with Gasteiger partial charge in [-0.2, -0.15) is 0 Å². The lowest BCUT2D eigenvalue weighted by atomic mass is 9.99. The molecule has 29 heavy (non-hydrogen) atoms. The summed E-state index contributed by atoms with van der Waals surface area (Å²) >= 11 is 0. The molecular weight excluding hydrogens is 366 g/mol. The first-order valence-electron chi connectivity index (χ1n) is 10.9. The molecule has 0 atom stereocenters. The summed E-state index contributed by atoms with van der Waals surface area (Å²) in [5.41, 5.74) is 0.465. The Morgan fingerprint density at radius 2 is 1.93 bits per heavy atom. The highest BCUT2D eigenvalue weighted by Crippen LogP contribution is 2.15. The molecule has 1 aliphatic rings. The Morgan fingerprint density at radius 3 is 2.66 bits per heavy atom. The Hall–Kier alpha value is -2.28. The molecule has 7 nitrogen and oxygen atoms in total. The van der Waals surface area contributed by atoms with Crippen molar-refractivity contribution in [3.05, 3.63) is 29.8 Å². The Kier molecular flexibility index (Phi) is 10.3. The maximum Gasteiger partial charge on any atom is 0.251 e. The topological polar surface area (TPSA) is 89.0 Å². The summed E-state index contributed by atoms with van der Waals surface area (Å²) in [5, 5.41) is 19.0. The number of benzene rings is 1. The SMILES string of the molecule is CCNC(=NCCCNC(=O)c1cccc(O)c1)NCCCN1CCC(C)CC1. The van der Waals surface area contributed by atoms with Crippen molar-refractivity contribution in [2.24, 2.45) is 10.9 Å². The fraction of sp³-hybridized carbons (Fsp3) is 0.636. The molecular formula is C22H37N5O2. The molecule has 1 saturated heterocycles. The minimum atomic E-state index is -0.179. The third-order valence-electron chi connectivity index (χ3n) is 5.16. The zero-order valence-corrected chi connectivity index (χ0v) is 17.9. The smallest absolute Gasteiger partial charge is 0.251 e. The van der Waals surface area contributed by atoms with E-state index in [0.29, 0.717) is 18.7 Å². The molecule has 1 heterocycles. The van der Waals surface area contributed by atoms with Crippen LogP contribution in [0.4, 0.5) is 0 Å². The first kappa shape index (κ1) is 23.0. The number of carbonyl (C=O) groups is 1. The van der Waals surface area contributed by atoms with Crippen LogP contribution in [0.25, 0.3) is 0 Å². The van der Waals surface area contributed by atoms with Crippen molar-refractivity contribution in [1.29, 1.82) is 0 Å². The zero-order valence-electron chi connectivity index (χ0n) is 17.9. The van der Waals surface area contributed by atoms with E-state index in [1.807, 2.05) is 0 Å². The third-order valence-corrected chi connectivity index (χ3v) is 5.16. The van der Waals surface area contributed by atoms with Crippen LogP contribution in [0.15, 0.2) is 29.3 Å². The van der Waals surface area contributed by atoms with Gasteiger partial charge in [-0.1, -0.05) is 13.0 Å². The summed E-state index contributed by atoms with van der Waals surface area (Å²) in [6, 6.07) is 6.36. The lowest BCUT2D eigenvalue weighted by molar-refractivity contribution is 0.0953. The molecule has 0 bridgehead atoms. The molecule has 1 aromatic rings. The van der Waals surface area contributed by atoms with Gasteiger partial charge < -0.3 is 26.0 Å². The number of likely N-dealkylation sites (tertiary alicyclic amines) is 1. The van der Waals surface area contributed by atoms with Crippen LogP contribution in [0.3, 0.4) is 0 Å². The van der Waals surface area contributed by atoms with Crippen LogP contribution in [0.1, 0.15) is 49.9 Å². The summed E-state index contributed by atoms with van der Waals surface area (Å²) in [4.78, 5) is 19.2. The van der Waals surface area contributed by atoms with E-state index >= 15 is 0 Å². The Labute approximate surface area is 175 Å². The van der Waals surface area contributed by atoms with Crippen LogP contribution in [0.2, 0.25) is 0 Å². The maximum atomic E-state index is 12.0. The van der Waals surface area contributed by atoms with E-state index in [1.54, 1.807) is 18.2 Å². The Balaban J connectivity index is 1.60. The van der Waals surface area contributed by atoms with Gasteiger partial charge in [0.2, 0.25) is 0 Å². The van der Waals surface area contributed by atoms with Gasteiger partial charge in [0.05, 0.1) is 0 Å². The molecule has 4 N–H and O–H groups in total. The van der Waals surface area contributed by atoms with Gasteiger partial charge in [-0.25, -0.2) is 0 Å². The molecule has 0 saturated carbocycles. The van der Waals surface area contributed by atoms with E-state index in [-0.39, 0.29) is 11.7 Å². The number of amides is 1. The van der Waals surface area contributed by atoms with E-state index in [4.69, 9.17) is 0 Å². The minimum absolute atomic E-state index is 0.0958. The summed E-state index contributed by atoms with van der Waals surface area (Å²) in [5.74, 6) is 1.63. The number of carbonyl (C=O) groups excluding carboxylic acids is 1. The van der Waals surface area contributed by atoms with E-state index in [1.165, 1.54) is 32.0 Å². The second-order valence-electron chi connectivity index (χ2n) is 7.72. The second kappa shape index (κ2) is 13.0. The number of aliphatic imine (C=N–C) groups is 1. The monoisotopic (exact) mass is 403 g/mol. The Morgan fingerprint density at radius 1 is 1.17 bits per heavy atom. The predicted octanol–water partition coefficient (Wildman–Crippen LogP) is 2.19. The number of piperidine rings is 1. The molecule has 0 aromatic heterocycles. The van der Waals surface area contributed by atoms with Crippen LogP contribution >= 0.6 is 0 Å². The second-order valence-corrected chi connectivity index (χ2v) is 7.72. The summed E-state index contributed by atoms with van der Waals surface area (Å²) in [7, 11) is 0. The van der Waals surface area contributed by atoms with Gasteiger partial charge in [0.25, 0.3) is 5.91 Å². The first-order valence-corrected chi connectivity index (χ1v) is 10.9. The van der Waals surface area contributed by atoms with E-state index in [9.17, 15) is 9.90 Å². The molecule has 0 unspecified atom stereocenters. The number of phenols is 1. The van der Waals surface area contributed by atoms with Gasteiger partial charge >= 0.3 is 0 Å². The number of aromatic hydroxyl groups is 1. The number of guanidine groups is 1. The lowest BCUT2D eigenvalue weighted by Gasteiger charge is -2.30. The largest absolute Gasteiger partial charge is 0.508 e. The van der Waals surface area contributed by atoms with Crippen LogP contribution in [-0.2, 0) is 0 Å². The average molecular weight is 404 g/mol. The lowest BCUT2D eigenvalue weighted by Crippen LogP contribution is -2.40. The van der Waals surface area contributed by atoms with Crippen LogP contribution < -0.4 is 16.0 Å². The molecule has 2 rings (SSSR count). The molecule has 0 aliphatic carbocycles.